The fraction of sp³-hybridized carbons (Fsp3) is 0.400. The first-order valence-corrected chi connectivity index (χ1v) is 6.16. The maximum Gasteiger partial charge on any atom is 0.280 e. The van der Waals surface area contributed by atoms with Gasteiger partial charge in [0.2, 0.25) is 0 Å². The van der Waals surface area contributed by atoms with E-state index in [1.54, 1.807) is 12.3 Å². The van der Waals surface area contributed by atoms with Gasteiger partial charge >= 0.3 is 0 Å². The van der Waals surface area contributed by atoms with E-state index in [1.165, 1.54) is 11.9 Å². The predicted octanol–water partition coefficient (Wildman–Crippen LogP) is 2.87. The first-order chi connectivity index (χ1) is 7.06. The number of amides is 1. The lowest BCUT2D eigenvalue weighted by molar-refractivity contribution is 0.0978. The van der Waals surface area contributed by atoms with Crippen LogP contribution in [-0.4, -0.2) is 17.1 Å². The summed E-state index contributed by atoms with van der Waals surface area (Å²) in [6, 6.07) is 3.54. The average Bonchev–Trinajstić information content (AvgIpc) is 2.17. The fourth-order valence-corrected chi connectivity index (χ4v) is 1.66. The molecule has 1 amide bonds. The van der Waals surface area contributed by atoms with Gasteiger partial charge < -0.3 is 0 Å². The molecule has 0 saturated carbocycles. The summed E-state index contributed by atoms with van der Waals surface area (Å²) in [6.07, 6.45) is 1.79. The molecule has 15 heavy (non-hydrogen) atoms. The fourth-order valence-electron chi connectivity index (χ4n) is 1.23. The van der Waals surface area contributed by atoms with E-state index < -0.39 is 0 Å². The Morgan fingerprint density at radius 2 is 2.20 bits per heavy atom. The van der Waals surface area contributed by atoms with Gasteiger partial charge in [-0.1, -0.05) is 43.5 Å². The lowest BCUT2D eigenvalue weighted by Gasteiger charge is -2.10. The van der Waals surface area contributed by atoms with Crippen LogP contribution >= 0.6 is 23.5 Å². The lowest BCUT2D eigenvalue weighted by Crippen LogP contribution is -2.19. The van der Waals surface area contributed by atoms with Crippen LogP contribution in [0.3, 0.4) is 0 Å². The van der Waals surface area contributed by atoms with Gasteiger partial charge in [-0.3, -0.25) is 9.52 Å². The van der Waals surface area contributed by atoms with Crippen LogP contribution in [0.25, 0.3) is 0 Å². The Morgan fingerprint density at radius 3 is 2.73 bits per heavy atom. The second-order valence-electron chi connectivity index (χ2n) is 3.36. The van der Waals surface area contributed by atoms with Crippen molar-refractivity contribution in [3.05, 3.63) is 28.5 Å². The highest BCUT2D eigenvalue weighted by atomic mass is 35.5. The van der Waals surface area contributed by atoms with Gasteiger partial charge in [0, 0.05) is 6.26 Å². The Labute approximate surface area is 98.7 Å². The molecule has 0 atom stereocenters. The van der Waals surface area contributed by atoms with Crippen molar-refractivity contribution >= 4 is 29.5 Å². The summed E-state index contributed by atoms with van der Waals surface area (Å²) in [4.78, 5) is 15.7. The third kappa shape index (κ3) is 3.11. The van der Waals surface area contributed by atoms with Crippen LogP contribution in [0, 0.1) is 0 Å². The smallest absolute Gasteiger partial charge is 0.280 e. The summed E-state index contributed by atoms with van der Waals surface area (Å²) >= 11 is 7.02. The standard InChI is InChI=1S/C10H13ClN2OS/c1-6(2)7-4-5-8(11)12-9(7)10(14)13-15-3/h4-6H,1-3H3,(H,13,14). The van der Waals surface area contributed by atoms with Crippen molar-refractivity contribution in [1.82, 2.24) is 9.71 Å². The van der Waals surface area contributed by atoms with E-state index in [4.69, 9.17) is 11.6 Å². The average molecular weight is 245 g/mol. The molecular weight excluding hydrogens is 232 g/mol. The summed E-state index contributed by atoms with van der Waals surface area (Å²) in [5, 5.41) is 0.339. The molecule has 0 spiro atoms. The Morgan fingerprint density at radius 1 is 1.53 bits per heavy atom. The highest BCUT2D eigenvalue weighted by Crippen LogP contribution is 2.20. The normalized spacial score (nSPS) is 10.5. The number of nitrogens with one attached hydrogen (secondary N) is 1. The first-order valence-electron chi connectivity index (χ1n) is 4.56. The summed E-state index contributed by atoms with van der Waals surface area (Å²) in [6.45, 7) is 4.03. The van der Waals surface area contributed by atoms with Crippen molar-refractivity contribution < 1.29 is 4.79 Å². The van der Waals surface area contributed by atoms with E-state index in [0.29, 0.717) is 10.8 Å². The number of pyridine rings is 1. The van der Waals surface area contributed by atoms with E-state index in [2.05, 4.69) is 9.71 Å². The molecule has 0 aliphatic carbocycles. The van der Waals surface area contributed by atoms with Crippen LogP contribution in [0.1, 0.15) is 35.8 Å². The quantitative estimate of drug-likeness (QED) is 0.657. The third-order valence-electron chi connectivity index (χ3n) is 1.92. The van der Waals surface area contributed by atoms with Crippen LogP contribution in [0.5, 0.6) is 0 Å². The van der Waals surface area contributed by atoms with Gasteiger partial charge in [-0.25, -0.2) is 4.98 Å². The summed E-state index contributed by atoms with van der Waals surface area (Å²) < 4.78 is 2.64. The molecular formula is C10H13ClN2OS. The zero-order chi connectivity index (χ0) is 11.4. The Kier molecular flexibility index (Phi) is 4.42. The third-order valence-corrected chi connectivity index (χ3v) is 2.52. The van der Waals surface area contributed by atoms with Gasteiger partial charge in [0.05, 0.1) is 0 Å². The molecule has 1 aromatic heterocycles. The molecule has 82 valence electrons. The molecule has 0 aliphatic rings. The Bertz CT molecular complexity index is 368. The Balaban J connectivity index is 3.12. The summed E-state index contributed by atoms with van der Waals surface area (Å²) in [5.74, 6) is 0.0473. The van der Waals surface area contributed by atoms with E-state index in [0.717, 1.165) is 5.56 Å². The zero-order valence-corrected chi connectivity index (χ0v) is 10.4. The van der Waals surface area contributed by atoms with Gasteiger partial charge in [0.15, 0.2) is 0 Å². The number of aromatic nitrogens is 1. The molecule has 0 radical (unpaired) electrons. The maximum absolute atomic E-state index is 11.7. The second kappa shape index (κ2) is 5.37. The van der Waals surface area contributed by atoms with Gasteiger partial charge in [-0.15, -0.1) is 0 Å². The van der Waals surface area contributed by atoms with Crippen LogP contribution in [0.15, 0.2) is 12.1 Å². The number of rotatable bonds is 3. The van der Waals surface area contributed by atoms with Crippen molar-refractivity contribution in [2.24, 2.45) is 0 Å². The molecule has 0 aliphatic heterocycles. The number of hydrogen-bond acceptors (Lipinski definition) is 3. The van der Waals surface area contributed by atoms with Crippen LogP contribution < -0.4 is 4.72 Å². The second-order valence-corrected chi connectivity index (χ2v) is 4.36. The van der Waals surface area contributed by atoms with Gasteiger partial charge in [0.25, 0.3) is 5.91 Å². The van der Waals surface area contributed by atoms with E-state index in [1.807, 2.05) is 19.9 Å². The van der Waals surface area contributed by atoms with Crippen molar-refractivity contribution in [2.75, 3.05) is 6.26 Å². The predicted molar refractivity (Wildman–Crippen MR) is 64.3 cm³/mol. The molecule has 1 rings (SSSR count). The van der Waals surface area contributed by atoms with E-state index in [-0.39, 0.29) is 11.8 Å². The molecule has 0 aromatic carbocycles. The van der Waals surface area contributed by atoms with Crippen molar-refractivity contribution in [2.45, 2.75) is 19.8 Å². The molecule has 5 heteroatoms. The molecule has 0 saturated heterocycles. The van der Waals surface area contributed by atoms with Crippen LogP contribution in [-0.2, 0) is 0 Å². The summed E-state index contributed by atoms with van der Waals surface area (Å²) in [7, 11) is 0. The number of nitrogens with zero attached hydrogens (tertiary/aromatic N) is 1. The molecule has 3 nitrogen and oxygen atoms in total. The van der Waals surface area contributed by atoms with Gasteiger partial charge in [-0.05, 0) is 17.5 Å². The minimum atomic E-state index is -0.200. The minimum absolute atomic E-state index is 0.200. The molecule has 0 bridgehead atoms. The topological polar surface area (TPSA) is 42.0 Å². The van der Waals surface area contributed by atoms with Gasteiger partial charge in [0.1, 0.15) is 10.8 Å². The minimum Gasteiger partial charge on any atom is -0.295 e. The molecule has 1 heterocycles. The first kappa shape index (κ1) is 12.3. The van der Waals surface area contributed by atoms with E-state index in [9.17, 15) is 4.79 Å². The highest BCUT2D eigenvalue weighted by Gasteiger charge is 2.15. The molecule has 1 N–H and O–H groups in total. The lowest BCUT2D eigenvalue weighted by atomic mass is 10.0. The largest absolute Gasteiger partial charge is 0.295 e. The highest BCUT2D eigenvalue weighted by molar-refractivity contribution is 7.97. The molecule has 1 aromatic rings. The zero-order valence-electron chi connectivity index (χ0n) is 8.87. The number of hydrogen-bond donors (Lipinski definition) is 1. The number of carbonyl (C=O) groups excluding carboxylic acids is 1. The van der Waals surface area contributed by atoms with Gasteiger partial charge in [-0.2, -0.15) is 0 Å². The van der Waals surface area contributed by atoms with Crippen LogP contribution in [0.2, 0.25) is 5.15 Å². The van der Waals surface area contributed by atoms with Crippen molar-refractivity contribution in [1.29, 1.82) is 0 Å². The molecule has 0 unspecified atom stereocenters. The maximum atomic E-state index is 11.7. The monoisotopic (exact) mass is 244 g/mol. The van der Waals surface area contributed by atoms with Crippen molar-refractivity contribution in [3.8, 4) is 0 Å². The summed E-state index contributed by atoms with van der Waals surface area (Å²) in [5.41, 5.74) is 1.32. The SMILES string of the molecule is CSNC(=O)c1nc(Cl)ccc1C(C)C. The number of carbonyl (C=O) groups is 1. The Hall–Kier alpha value is -0.740. The van der Waals surface area contributed by atoms with E-state index >= 15 is 0 Å². The number of halogens is 1. The van der Waals surface area contributed by atoms with Crippen molar-refractivity contribution in [3.63, 3.8) is 0 Å². The van der Waals surface area contributed by atoms with Crippen LogP contribution in [0.4, 0.5) is 0 Å². The molecule has 0 fully saturated rings.